The molecule has 2 atom stereocenters. The average molecular weight is 237 g/mol. The monoisotopic (exact) mass is 237 g/mol. The quantitative estimate of drug-likeness (QED) is 0.556. The Kier molecular flexibility index (Phi) is 8.13. The van der Waals surface area contributed by atoms with Crippen molar-refractivity contribution < 1.29 is 9.53 Å². The van der Waals surface area contributed by atoms with Gasteiger partial charge in [-0.2, -0.15) is 5.26 Å². The highest BCUT2D eigenvalue weighted by molar-refractivity contribution is 5.66. The zero-order valence-corrected chi connectivity index (χ0v) is 11.2. The Morgan fingerprint density at radius 1 is 1.59 bits per heavy atom. The molecule has 0 aliphatic heterocycles. The highest BCUT2D eigenvalue weighted by Crippen LogP contribution is 2.31. The van der Waals surface area contributed by atoms with E-state index in [0.29, 0.717) is 12.3 Å². The largest absolute Gasteiger partial charge is 0.447 e. The van der Waals surface area contributed by atoms with E-state index in [-0.39, 0.29) is 5.97 Å². The summed E-state index contributed by atoms with van der Waals surface area (Å²) in [5.41, 5.74) is 1.20. The third-order valence-corrected chi connectivity index (χ3v) is 2.83. The van der Waals surface area contributed by atoms with Gasteiger partial charge in [0.25, 0.3) is 0 Å². The Labute approximate surface area is 104 Å². The fraction of sp³-hybridized carbons (Fsp3) is 0.714. The molecule has 0 N–H and O–H groups in total. The molecule has 0 radical (unpaired) electrons. The second-order valence-corrected chi connectivity index (χ2v) is 4.06. The van der Waals surface area contributed by atoms with Crippen LogP contribution in [0.1, 0.15) is 52.9 Å². The second-order valence-electron chi connectivity index (χ2n) is 4.06. The van der Waals surface area contributed by atoms with E-state index in [1.165, 1.54) is 25.3 Å². The van der Waals surface area contributed by atoms with Gasteiger partial charge in [-0.25, -0.2) is 0 Å². The van der Waals surface area contributed by atoms with E-state index in [2.05, 4.69) is 6.58 Å². The first kappa shape index (κ1) is 15.7. The molecule has 0 aromatic heterocycles. The zero-order chi connectivity index (χ0) is 13.3. The molecule has 0 aromatic carbocycles. The van der Waals surface area contributed by atoms with Crippen LogP contribution in [0.4, 0.5) is 0 Å². The van der Waals surface area contributed by atoms with Crippen LogP contribution >= 0.6 is 0 Å². The zero-order valence-electron chi connectivity index (χ0n) is 11.2. The third kappa shape index (κ3) is 6.11. The van der Waals surface area contributed by atoms with Crippen molar-refractivity contribution in [2.75, 3.05) is 0 Å². The van der Waals surface area contributed by atoms with Gasteiger partial charge in [-0.05, 0) is 25.2 Å². The Bertz CT molecular complexity index is 291. The van der Waals surface area contributed by atoms with Gasteiger partial charge >= 0.3 is 5.97 Å². The summed E-state index contributed by atoms with van der Waals surface area (Å²) in [4.78, 5) is 10.7. The predicted molar refractivity (Wildman–Crippen MR) is 68.2 cm³/mol. The van der Waals surface area contributed by atoms with E-state index in [9.17, 15) is 4.79 Å². The SMILES string of the molecule is C=C1CCCCC1CC(C#N)OC(C)=O.CC. The van der Waals surface area contributed by atoms with E-state index in [1.807, 2.05) is 19.9 Å². The van der Waals surface area contributed by atoms with Gasteiger partial charge in [0.2, 0.25) is 0 Å². The minimum absolute atomic E-state index is 0.350. The number of rotatable bonds is 3. The Balaban J connectivity index is 0.00000121. The van der Waals surface area contributed by atoms with E-state index in [4.69, 9.17) is 10.00 Å². The number of nitriles is 1. The van der Waals surface area contributed by atoms with E-state index in [1.54, 1.807) is 0 Å². The average Bonchev–Trinajstić information content (AvgIpc) is 2.33. The van der Waals surface area contributed by atoms with Crippen LogP contribution in [0.5, 0.6) is 0 Å². The van der Waals surface area contributed by atoms with Crippen LogP contribution < -0.4 is 0 Å². The molecule has 0 amide bonds. The molecule has 96 valence electrons. The lowest BCUT2D eigenvalue weighted by atomic mass is 9.82. The van der Waals surface area contributed by atoms with Gasteiger partial charge in [-0.1, -0.05) is 32.4 Å². The minimum Gasteiger partial charge on any atom is -0.447 e. The number of ether oxygens (including phenoxy) is 1. The van der Waals surface area contributed by atoms with E-state index in [0.717, 1.165) is 12.8 Å². The van der Waals surface area contributed by atoms with Crippen molar-refractivity contribution in [3.8, 4) is 6.07 Å². The Morgan fingerprint density at radius 3 is 2.71 bits per heavy atom. The van der Waals surface area contributed by atoms with Crippen molar-refractivity contribution in [1.82, 2.24) is 0 Å². The van der Waals surface area contributed by atoms with Gasteiger partial charge in [-0.3, -0.25) is 4.79 Å². The normalized spacial score (nSPS) is 20.6. The highest BCUT2D eigenvalue weighted by atomic mass is 16.5. The fourth-order valence-corrected chi connectivity index (χ4v) is 2.02. The van der Waals surface area contributed by atoms with Gasteiger partial charge in [0, 0.05) is 13.3 Å². The molecular formula is C14H23NO2. The summed E-state index contributed by atoms with van der Waals surface area (Å²) in [6.07, 6.45) is 4.49. The van der Waals surface area contributed by atoms with Crippen molar-refractivity contribution in [2.45, 2.75) is 59.0 Å². The summed E-state index contributed by atoms with van der Waals surface area (Å²) in [5, 5.41) is 8.83. The first-order chi connectivity index (χ1) is 8.13. The number of hydrogen-bond donors (Lipinski definition) is 0. The van der Waals surface area contributed by atoms with Crippen molar-refractivity contribution in [3.63, 3.8) is 0 Å². The molecule has 0 heterocycles. The first-order valence-corrected chi connectivity index (χ1v) is 6.38. The summed E-state index contributed by atoms with van der Waals surface area (Å²) in [6, 6.07) is 2.02. The molecule has 1 aliphatic carbocycles. The molecule has 1 fully saturated rings. The predicted octanol–water partition coefficient (Wildman–Crippen LogP) is 3.60. The van der Waals surface area contributed by atoms with Crippen LogP contribution in [0.2, 0.25) is 0 Å². The number of carbonyl (C=O) groups is 1. The number of allylic oxidation sites excluding steroid dienone is 1. The molecule has 3 nitrogen and oxygen atoms in total. The molecule has 17 heavy (non-hydrogen) atoms. The second kappa shape index (κ2) is 8.81. The van der Waals surface area contributed by atoms with Gasteiger partial charge in [0.1, 0.15) is 6.07 Å². The molecule has 0 aromatic rings. The number of hydrogen-bond acceptors (Lipinski definition) is 3. The third-order valence-electron chi connectivity index (χ3n) is 2.83. The molecule has 1 aliphatic rings. The van der Waals surface area contributed by atoms with Crippen LogP contribution in [-0.4, -0.2) is 12.1 Å². The standard InChI is InChI=1S/C12H17NO2.C2H6/c1-9-5-3-4-6-11(9)7-12(8-13)15-10(2)14;1-2/h11-12H,1,3-7H2,2H3;1-2H3. The Hall–Kier alpha value is -1.30. The highest BCUT2D eigenvalue weighted by Gasteiger charge is 2.22. The Morgan fingerprint density at radius 2 is 2.24 bits per heavy atom. The molecule has 3 heteroatoms. The number of esters is 1. The van der Waals surface area contributed by atoms with Gasteiger partial charge in [0.05, 0.1) is 0 Å². The maximum Gasteiger partial charge on any atom is 0.303 e. The fourth-order valence-electron chi connectivity index (χ4n) is 2.02. The summed E-state index contributed by atoms with van der Waals surface area (Å²) >= 11 is 0. The van der Waals surface area contributed by atoms with Crippen LogP contribution in [0.25, 0.3) is 0 Å². The lowest BCUT2D eigenvalue weighted by molar-refractivity contribution is -0.144. The summed E-state index contributed by atoms with van der Waals surface area (Å²) in [6.45, 7) is 9.35. The van der Waals surface area contributed by atoms with Crippen molar-refractivity contribution in [3.05, 3.63) is 12.2 Å². The lowest BCUT2D eigenvalue weighted by Crippen LogP contribution is -2.21. The first-order valence-electron chi connectivity index (χ1n) is 6.38. The summed E-state index contributed by atoms with van der Waals surface area (Å²) in [7, 11) is 0. The van der Waals surface area contributed by atoms with Crippen LogP contribution in [0.3, 0.4) is 0 Å². The maximum atomic E-state index is 10.7. The van der Waals surface area contributed by atoms with Crippen molar-refractivity contribution in [1.29, 1.82) is 5.26 Å². The summed E-state index contributed by atoms with van der Waals surface area (Å²) in [5.74, 6) is -0.0364. The van der Waals surface area contributed by atoms with Crippen LogP contribution in [0, 0.1) is 17.2 Å². The number of carbonyl (C=O) groups excluding carboxylic acids is 1. The molecule has 0 bridgehead atoms. The number of nitrogens with zero attached hydrogens (tertiary/aromatic N) is 1. The van der Waals surface area contributed by atoms with Crippen molar-refractivity contribution in [2.24, 2.45) is 5.92 Å². The van der Waals surface area contributed by atoms with Gasteiger partial charge < -0.3 is 4.74 Å². The van der Waals surface area contributed by atoms with E-state index < -0.39 is 6.10 Å². The molecule has 0 saturated heterocycles. The van der Waals surface area contributed by atoms with Gasteiger partial charge in [-0.15, -0.1) is 0 Å². The van der Waals surface area contributed by atoms with Crippen LogP contribution in [-0.2, 0) is 9.53 Å². The molecule has 1 rings (SSSR count). The molecular weight excluding hydrogens is 214 g/mol. The topological polar surface area (TPSA) is 50.1 Å². The van der Waals surface area contributed by atoms with Crippen LogP contribution in [0.15, 0.2) is 12.2 Å². The molecule has 1 saturated carbocycles. The maximum absolute atomic E-state index is 10.7. The molecule has 0 spiro atoms. The van der Waals surface area contributed by atoms with Crippen molar-refractivity contribution >= 4 is 5.97 Å². The lowest BCUT2D eigenvalue weighted by Gasteiger charge is -2.25. The minimum atomic E-state index is -0.609. The summed E-state index contributed by atoms with van der Waals surface area (Å²) < 4.78 is 4.91. The van der Waals surface area contributed by atoms with E-state index >= 15 is 0 Å². The van der Waals surface area contributed by atoms with Gasteiger partial charge in [0.15, 0.2) is 6.10 Å². The molecule has 2 unspecified atom stereocenters. The smallest absolute Gasteiger partial charge is 0.303 e.